The third-order valence-electron chi connectivity index (χ3n) is 3.97. The van der Waals surface area contributed by atoms with Crippen molar-refractivity contribution in [2.24, 2.45) is 5.11 Å². The third kappa shape index (κ3) is 7.04. The molecule has 0 saturated carbocycles. The second-order valence-electron chi connectivity index (χ2n) is 6.07. The van der Waals surface area contributed by atoms with E-state index in [2.05, 4.69) is 15.3 Å². The van der Waals surface area contributed by atoms with Crippen molar-refractivity contribution in [3.05, 3.63) is 70.6 Å². The number of hydrogen-bond donors (Lipinski definition) is 2. The Hall–Kier alpha value is -3.20. The summed E-state index contributed by atoms with van der Waals surface area (Å²) in [6.45, 7) is -0.356. The molecule has 2 aromatic rings. The minimum absolute atomic E-state index is 0.127. The Kier molecular flexibility index (Phi) is 8.35. The maximum atomic E-state index is 13.2. The first-order valence-electron chi connectivity index (χ1n) is 8.62. The molecule has 0 fully saturated rings. The number of ether oxygens (including phenoxy) is 2. The Morgan fingerprint density at radius 1 is 1.24 bits per heavy atom. The topological polar surface area (TPSA) is 117 Å². The number of anilines is 1. The molecule has 0 spiro atoms. The molecule has 2 rings (SSSR count). The van der Waals surface area contributed by atoms with Gasteiger partial charge in [0.15, 0.2) is 0 Å². The van der Waals surface area contributed by atoms with E-state index in [9.17, 15) is 18.7 Å². The zero-order valence-corrected chi connectivity index (χ0v) is 15.5. The quantitative estimate of drug-likeness (QED) is 0.357. The number of para-hydroxylation sites is 1. The van der Waals surface area contributed by atoms with Gasteiger partial charge in [0.2, 0.25) is 0 Å². The van der Waals surface area contributed by atoms with E-state index in [4.69, 9.17) is 15.0 Å². The molecule has 0 saturated heterocycles. The molecule has 3 atom stereocenters. The number of rotatable bonds is 10. The zero-order valence-electron chi connectivity index (χ0n) is 15.5. The Bertz CT molecular complexity index is 842. The van der Waals surface area contributed by atoms with Gasteiger partial charge in [0.25, 0.3) is 5.91 Å². The van der Waals surface area contributed by atoms with Crippen LogP contribution >= 0.6 is 0 Å². The maximum Gasteiger partial charge on any atom is 0.253 e. The van der Waals surface area contributed by atoms with Crippen molar-refractivity contribution in [2.75, 3.05) is 19.0 Å². The minimum atomic E-state index is -1.31. The number of benzene rings is 2. The van der Waals surface area contributed by atoms with Crippen LogP contribution in [0.4, 0.5) is 14.5 Å². The van der Waals surface area contributed by atoms with Gasteiger partial charge in [-0.15, -0.1) is 0 Å². The molecule has 29 heavy (non-hydrogen) atoms. The molecule has 0 heterocycles. The van der Waals surface area contributed by atoms with Crippen molar-refractivity contribution in [1.82, 2.24) is 0 Å². The van der Waals surface area contributed by atoms with Crippen LogP contribution in [0.25, 0.3) is 10.4 Å². The highest BCUT2D eigenvalue weighted by atomic mass is 19.1. The van der Waals surface area contributed by atoms with Crippen LogP contribution in [0.15, 0.2) is 53.6 Å². The molecular formula is C19H20F2N4O4. The van der Waals surface area contributed by atoms with Crippen molar-refractivity contribution in [1.29, 1.82) is 0 Å². The highest BCUT2D eigenvalue weighted by molar-refractivity contribution is 5.94. The van der Waals surface area contributed by atoms with Gasteiger partial charge in [-0.25, -0.2) is 8.78 Å². The van der Waals surface area contributed by atoms with Crippen LogP contribution in [0.3, 0.4) is 0 Å². The van der Waals surface area contributed by atoms with Gasteiger partial charge >= 0.3 is 0 Å². The van der Waals surface area contributed by atoms with Crippen LogP contribution in [0.1, 0.15) is 6.42 Å². The molecular weight excluding hydrogens is 386 g/mol. The fraction of sp³-hybridized carbons (Fsp3) is 0.316. The molecule has 154 valence electrons. The lowest BCUT2D eigenvalue weighted by molar-refractivity contribution is -0.127. The standard InChI is InChI=1S/C19H20F2N4O4/c1-28-18(19(27)23-14-5-3-2-4-6-14)10-17(26)16(24-25-22)11-29-15-8-12(20)7-13(21)9-15/h2-9,16-18,26H,10-11H2,1H3,(H,23,27)/t16-,17-,18+/m0/s1. The summed E-state index contributed by atoms with van der Waals surface area (Å²) in [6, 6.07) is 10.1. The van der Waals surface area contributed by atoms with E-state index in [-0.39, 0.29) is 18.8 Å². The van der Waals surface area contributed by atoms with Gasteiger partial charge in [-0.2, -0.15) is 0 Å². The number of carbonyl (C=O) groups is 1. The van der Waals surface area contributed by atoms with Crippen molar-refractivity contribution in [3.63, 3.8) is 0 Å². The number of halogens is 2. The molecule has 10 heteroatoms. The van der Waals surface area contributed by atoms with Gasteiger partial charge in [0.05, 0.1) is 18.8 Å². The van der Waals surface area contributed by atoms with Crippen molar-refractivity contribution < 1.29 is 28.2 Å². The highest BCUT2D eigenvalue weighted by Gasteiger charge is 2.27. The average molecular weight is 406 g/mol. The van der Waals surface area contributed by atoms with Crippen molar-refractivity contribution >= 4 is 11.6 Å². The summed E-state index contributed by atoms with van der Waals surface area (Å²) >= 11 is 0. The van der Waals surface area contributed by atoms with E-state index in [0.717, 1.165) is 12.1 Å². The van der Waals surface area contributed by atoms with Gasteiger partial charge in [0, 0.05) is 42.3 Å². The van der Waals surface area contributed by atoms with Crippen LogP contribution in [0.2, 0.25) is 0 Å². The number of carbonyl (C=O) groups excluding carboxylic acids is 1. The maximum absolute atomic E-state index is 13.2. The number of methoxy groups -OCH3 is 1. The van der Waals surface area contributed by atoms with E-state index >= 15 is 0 Å². The van der Waals surface area contributed by atoms with E-state index in [0.29, 0.717) is 11.8 Å². The van der Waals surface area contributed by atoms with E-state index in [1.807, 2.05) is 0 Å². The second kappa shape index (κ2) is 11.0. The highest BCUT2D eigenvalue weighted by Crippen LogP contribution is 2.18. The molecule has 1 amide bonds. The van der Waals surface area contributed by atoms with Crippen LogP contribution in [0, 0.1) is 11.6 Å². The summed E-state index contributed by atoms with van der Waals surface area (Å²) in [5.74, 6) is -2.29. The van der Waals surface area contributed by atoms with E-state index in [1.165, 1.54) is 7.11 Å². The van der Waals surface area contributed by atoms with Crippen LogP contribution in [-0.4, -0.2) is 43.0 Å². The average Bonchev–Trinajstić information content (AvgIpc) is 2.69. The first kappa shape index (κ1) is 22.1. The Morgan fingerprint density at radius 3 is 2.48 bits per heavy atom. The number of aliphatic hydroxyl groups is 1. The number of azide groups is 1. The third-order valence-corrected chi connectivity index (χ3v) is 3.97. The number of nitrogens with zero attached hydrogens (tertiary/aromatic N) is 3. The van der Waals surface area contributed by atoms with Gasteiger partial charge in [-0.3, -0.25) is 4.79 Å². The normalized spacial score (nSPS) is 13.7. The first-order valence-corrected chi connectivity index (χ1v) is 8.62. The summed E-state index contributed by atoms with van der Waals surface area (Å²) in [5, 5.41) is 16.5. The fourth-order valence-corrected chi connectivity index (χ4v) is 2.51. The summed E-state index contributed by atoms with van der Waals surface area (Å²) < 4.78 is 36.8. The van der Waals surface area contributed by atoms with Crippen molar-refractivity contribution in [3.8, 4) is 5.75 Å². The molecule has 0 unspecified atom stereocenters. The van der Waals surface area contributed by atoms with Gasteiger partial charge in [-0.05, 0) is 17.7 Å². The number of aliphatic hydroxyl groups excluding tert-OH is 1. The molecule has 0 aliphatic heterocycles. The monoisotopic (exact) mass is 406 g/mol. The van der Waals surface area contributed by atoms with Gasteiger partial charge < -0.3 is 19.9 Å². The van der Waals surface area contributed by atoms with Crippen LogP contribution in [-0.2, 0) is 9.53 Å². The lowest BCUT2D eigenvalue weighted by atomic mass is 10.0. The first-order chi connectivity index (χ1) is 13.9. The number of hydrogen-bond acceptors (Lipinski definition) is 5. The Labute approximate surface area is 165 Å². The summed E-state index contributed by atoms with van der Waals surface area (Å²) in [7, 11) is 1.30. The largest absolute Gasteiger partial charge is 0.493 e. The predicted molar refractivity (Wildman–Crippen MR) is 101 cm³/mol. The molecule has 0 radical (unpaired) electrons. The SMILES string of the molecule is CO[C@H](C[C@H](O)[C@H](COc1cc(F)cc(F)c1)N=[N+]=[N-])C(=O)Nc1ccccc1. The van der Waals surface area contributed by atoms with E-state index < -0.39 is 35.8 Å². The van der Waals surface area contributed by atoms with Gasteiger partial charge in [0.1, 0.15) is 23.5 Å². The molecule has 8 nitrogen and oxygen atoms in total. The van der Waals surface area contributed by atoms with Crippen LogP contribution < -0.4 is 10.1 Å². The molecule has 0 aromatic heterocycles. The molecule has 0 bridgehead atoms. The number of nitrogens with one attached hydrogen (secondary N) is 1. The minimum Gasteiger partial charge on any atom is -0.493 e. The lowest BCUT2D eigenvalue weighted by Crippen LogP contribution is -2.38. The summed E-state index contributed by atoms with van der Waals surface area (Å²) in [6.07, 6.45) is -2.54. The van der Waals surface area contributed by atoms with Crippen molar-refractivity contribution in [2.45, 2.75) is 24.7 Å². The Morgan fingerprint density at radius 2 is 1.90 bits per heavy atom. The smallest absolute Gasteiger partial charge is 0.253 e. The molecule has 2 N–H and O–H groups in total. The van der Waals surface area contributed by atoms with Gasteiger partial charge in [-0.1, -0.05) is 23.3 Å². The molecule has 2 aromatic carbocycles. The molecule has 0 aliphatic carbocycles. The zero-order chi connectivity index (χ0) is 21.2. The second-order valence-corrected chi connectivity index (χ2v) is 6.07. The van der Waals surface area contributed by atoms with E-state index in [1.54, 1.807) is 30.3 Å². The summed E-state index contributed by atoms with van der Waals surface area (Å²) in [4.78, 5) is 15.0. The lowest BCUT2D eigenvalue weighted by Gasteiger charge is -2.23. The number of amides is 1. The predicted octanol–water partition coefficient (Wildman–Crippen LogP) is 3.43. The Balaban J connectivity index is 1.99. The summed E-state index contributed by atoms with van der Waals surface area (Å²) in [5.41, 5.74) is 9.28. The molecule has 0 aliphatic rings. The fourth-order valence-electron chi connectivity index (χ4n) is 2.51. The van der Waals surface area contributed by atoms with Crippen LogP contribution in [0.5, 0.6) is 5.75 Å².